The van der Waals surface area contributed by atoms with Crippen molar-refractivity contribution in [2.75, 3.05) is 37.8 Å². The molecule has 0 radical (unpaired) electrons. The van der Waals surface area contributed by atoms with E-state index < -0.39 is 0 Å². The minimum Gasteiger partial charge on any atom is -0.492 e. The number of benzene rings is 2. The zero-order valence-corrected chi connectivity index (χ0v) is 16.5. The number of carbonyl (C=O) groups excluding carboxylic acids is 1. The van der Waals surface area contributed by atoms with Crippen LogP contribution in [0.2, 0.25) is 0 Å². The lowest BCUT2D eigenvalue weighted by molar-refractivity contribution is 0.104. The summed E-state index contributed by atoms with van der Waals surface area (Å²) in [5.74, 6) is 0.865. The van der Waals surface area contributed by atoms with Crippen molar-refractivity contribution >= 4 is 23.2 Å². The number of likely N-dealkylation sites (tertiary alicyclic amines) is 1. The number of hydrogen-bond donors (Lipinski definition) is 1. The van der Waals surface area contributed by atoms with Crippen LogP contribution in [-0.2, 0) is 0 Å². The number of carbonyl (C=O) groups is 1. The quantitative estimate of drug-likeness (QED) is 0.505. The molecule has 2 aromatic rings. The molecule has 1 N–H and O–H groups in total. The lowest BCUT2D eigenvalue weighted by Crippen LogP contribution is -2.25. The Balaban J connectivity index is 1.52. The van der Waals surface area contributed by atoms with Gasteiger partial charge in [-0.3, -0.25) is 9.69 Å². The maximum absolute atomic E-state index is 12.3. The Hall–Kier alpha value is -2.24. The Morgan fingerprint density at radius 2 is 1.81 bits per heavy atom. The van der Waals surface area contributed by atoms with Gasteiger partial charge in [0, 0.05) is 23.9 Å². The molecule has 1 fully saturated rings. The summed E-state index contributed by atoms with van der Waals surface area (Å²) in [7, 11) is 0. The molecule has 1 saturated heterocycles. The van der Waals surface area contributed by atoms with E-state index in [-0.39, 0.29) is 5.78 Å². The third-order valence-electron chi connectivity index (χ3n) is 4.54. The lowest BCUT2D eigenvalue weighted by atomic mass is 10.1. The minimum atomic E-state index is -0.00526. The van der Waals surface area contributed by atoms with Crippen LogP contribution in [0, 0.1) is 0 Å². The van der Waals surface area contributed by atoms with Gasteiger partial charge in [0.2, 0.25) is 0 Å². The van der Waals surface area contributed by atoms with Crippen molar-refractivity contribution in [3.8, 4) is 5.75 Å². The van der Waals surface area contributed by atoms with E-state index in [1.807, 2.05) is 60.9 Å². The van der Waals surface area contributed by atoms with Gasteiger partial charge in [-0.15, -0.1) is 11.8 Å². The fourth-order valence-corrected chi connectivity index (χ4v) is 3.47. The van der Waals surface area contributed by atoms with Crippen LogP contribution in [0.1, 0.15) is 23.2 Å². The highest BCUT2D eigenvalue weighted by molar-refractivity contribution is 8.02. The van der Waals surface area contributed by atoms with Crippen LogP contribution in [0.4, 0.5) is 5.69 Å². The maximum Gasteiger partial charge on any atom is 0.188 e. The molecule has 27 heavy (non-hydrogen) atoms. The van der Waals surface area contributed by atoms with Gasteiger partial charge in [-0.25, -0.2) is 0 Å². The fourth-order valence-electron chi connectivity index (χ4n) is 3.03. The Morgan fingerprint density at radius 3 is 2.48 bits per heavy atom. The molecule has 0 saturated carbocycles. The number of nitrogens with zero attached hydrogens (tertiary/aromatic N) is 1. The van der Waals surface area contributed by atoms with Crippen molar-refractivity contribution < 1.29 is 9.53 Å². The number of rotatable bonds is 9. The molecule has 0 atom stereocenters. The second kappa shape index (κ2) is 10.2. The molecule has 0 spiro atoms. The number of hydrogen-bond acceptors (Lipinski definition) is 5. The summed E-state index contributed by atoms with van der Waals surface area (Å²) in [4.78, 5) is 14.8. The van der Waals surface area contributed by atoms with Gasteiger partial charge < -0.3 is 10.1 Å². The Bertz CT molecular complexity index is 754. The van der Waals surface area contributed by atoms with E-state index in [2.05, 4.69) is 10.2 Å². The second-order valence-corrected chi connectivity index (χ2v) is 7.34. The highest BCUT2D eigenvalue weighted by atomic mass is 32.2. The normalized spacial score (nSPS) is 14.9. The molecule has 0 amide bonds. The second-order valence-electron chi connectivity index (χ2n) is 6.49. The summed E-state index contributed by atoms with van der Waals surface area (Å²) in [6.45, 7) is 4.09. The fraction of sp³-hybridized carbons (Fsp3) is 0.318. The largest absolute Gasteiger partial charge is 0.492 e. The molecule has 2 aromatic carbocycles. The first-order valence-corrected chi connectivity index (χ1v) is 10.5. The smallest absolute Gasteiger partial charge is 0.188 e. The first-order valence-electron chi connectivity index (χ1n) is 9.32. The minimum absolute atomic E-state index is 0.00526. The van der Waals surface area contributed by atoms with Gasteiger partial charge in [-0.05, 0) is 56.5 Å². The van der Waals surface area contributed by atoms with Crippen LogP contribution in [0.25, 0.3) is 0 Å². The van der Waals surface area contributed by atoms with Gasteiger partial charge in [0.15, 0.2) is 5.78 Å². The summed E-state index contributed by atoms with van der Waals surface area (Å²) < 4.78 is 5.83. The topological polar surface area (TPSA) is 41.6 Å². The summed E-state index contributed by atoms with van der Waals surface area (Å²) in [6, 6.07) is 17.2. The molecular weight excluding hydrogens is 356 g/mol. The zero-order valence-electron chi connectivity index (χ0n) is 15.7. The Morgan fingerprint density at radius 1 is 1.11 bits per heavy atom. The first kappa shape index (κ1) is 19.5. The predicted molar refractivity (Wildman–Crippen MR) is 114 cm³/mol. The van der Waals surface area contributed by atoms with Crippen LogP contribution in [0.3, 0.4) is 0 Å². The highest BCUT2D eigenvalue weighted by Crippen LogP contribution is 2.21. The standard InChI is InChI=1S/C22H26N2O2S/c1-27-22(17-21(25)18-7-3-2-4-8-18)23-19-9-11-20(12-10-19)26-16-15-24-13-5-6-14-24/h2-4,7-12,17,23H,5-6,13-16H2,1H3. The van der Waals surface area contributed by atoms with E-state index in [4.69, 9.17) is 4.74 Å². The van der Waals surface area contributed by atoms with E-state index in [0.29, 0.717) is 12.2 Å². The molecule has 0 aromatic heterocycles. The average Bonchev–Trinajstić information content (AvgIpc) is 3.23. The van der Waals surface area contributed by atoms with Crippen LogP contribution in [-0.4, -0.2) is 43.2 Å². The predicted octanol–water partition coefficient (Wildman–Crippen LogP) is 4.66. The molecular formula is C22H26N2O2S. The van der Waals surface area contributed by atoms with Gasteiger partial charge in [0.1, 0.15) is 12.4 Å². The Kier molecular flexibility index (Phi) is 7.36. The third-order valence-corrected chi connectivity index (χ3v) is 5.20. The number of ketones is 1. The molecule has 3 rings (SSSR count). The molecule has 142 valence electrons. The first-order chi connectivity index (χ1) is 13.2. The van der Waals surface area contributed by atoms with E-state index in [1.54, 1.807) is 6.08 Å². The summed E-state index contributed by atoms with van der Waals surface area (Å²) in [5.41, 5.74) is 1.62. The van der Waals surface area contributed by atoms with Gasteiger partial charge in [0.05, 0.1) is 5.03 Å². The molecule has 1 aliphatic rings. The van der Waals surface area contributed by atoms with Gasteiger partial charge in [0.25, 0.3) is 0 Å². The van der Waals surface area contributed by atoms with Crippen LogP contribution in [0.15, 0.2) is 65.7 Å². The zero-order chi connectivity index (χ0) is 18.9. The van der Waals surface area contributed by atoms with E-state index in [0.717, 1.165) is 23.0 Å². The lowest BCUT2D eigenvalue weighted by Gasteiger charge is -2.15. The highest BCUT2D eigenvalue weighted by Gasteiger charge is 2.10. The van der Waals surface area contributed by atoms with Crippen LogP contribution in [0.5, 0.6) is 5.75 Å². The van der Waals surface area contributed by atoms with E-state index in [9.17, 15) is 4.79 Å². The summed E-state index contributed by atoms with van der Waals surface area (Å²) in [5, 5.41) is 4.11. The molecule has 0 aliphatic carbocycles. The monoisotopic (exact) mass is 382 g/mol. The van der Waals surface area contributed by atoms with Gasteiger partial charge in [-0.1, -0.05) is 30.3 Å². The van der Waals surface area contributed by atoms with Crippen molar-refractivity contribution in [3.63, 3.8) is 0 Å². The molecule has 1 aliphatic heterocycles. The van der Waals surface area contributed by atoms with Crippen molar-refractivity contribution in [2.24, 2.45) is 0 Å². The molecule has 1 heterocycles. The molecule has 4 nitrogen and oxygen atoms in total. The van der Waals surface area contributed by atoms with Crippen LogP contribution >= 0.6 is 11.8 Å². The average molecular weight is 383 g/mol. The van der Waals surface area contributed by atoms with Crippen molar-refractivity contribution in [3.05, 3.63) is 71.3 Å². The summed E-state index contributed by atoms with van der Waals surface area (Å²) >= 11 is 1.51. The van der Waals surface area contributed by atoms with Crippen molar-refractivity contribution in [2.45, 2.75) is 12.8 Å². The number of thioether (sulfide) groups is 1. The molecule has 0 unspecified atom stereocenters. The van der Waals surface area contributed by atoms with Crippen LogP contribution < -0.4 is 10.1 Å². The number of nitrogens with one attached hydrogen (secondary N) is 1. The maximum atomic E-state index is 12.3. The SMILES string of the molecule is CSC(=CC(=O)c1ccccc1)Nc1ccc(OCCN2CCCC2)cc1. The van der Waals surface area contributed by atoms with Crippen molar-refractivity contribution in [1.82, 2.24) is 4.90 Å². The number of anilines is 1. The number of allylic oxidation sites excluding steroid dienone is 1. The van der Waals surface area contributed by atoms with E-state index >= 15 is 0 Å². The van der Waals surface area contributed by atoms with Gasteiger partial charge in [-0.2, -0.15) is 0 Å². The van der Waals surface area contributed by atoms with Gasteiger partial charge >= 0.3 is 0 Å². The molecule has 0 bridgehead atoms. The summed E-state index contributed by atoms with van der Waals surface area (Å²) in [6.07, 6.45) is 6.20. The third kappa shape index (κ3) is 6.15. The molecule has 5 heteroatoms. The van der Waals surface area contributed by atoms with E-state index in [1.165, 1.54) is 37.7 Å². The Labute approximate surface area is 165 Å². The number of ether oxygens (including phenoxy) is 1. The van der Waals surface area contributed by atoms with Crippen molar-refractivity contribution in [1.29, 1.82) is 0 Å².